The molecule has 0 aliphatic rings. The topological polar surface area (TPSA) is 134 Å². The molecular formula is C53H50N6O5S2. The fraction of sp³-hybridized carbons (Fsp3) is 0.208. The van der Waals surface area contributed by atoms with Gasteiger partial charge in [-0.25, -0.2) is 9.97 Å². The summed E-state index contributed by atoms with van der Waals surface area (Å²) in [6.07, 6.45) is 6.70. The van der Waals surface area contributed by atoms with Crippen LogP contribution in [-0.4, -0.2) is 104 Å². The number of aliphatic hydroxyl groups excluding tert-OH is 1. The number of hydrogen-bond donors (Lipinski definition) is 1. The maximum absolute atomic E-state index is 10.4. The summed E-state index contributed by atoms with van der Waals surface area (Å²) in [7, 11) is 0. The molecule has 6 aromatic heterocycles. The van der Waals surface area contributed by atoms with Gasteiger partial charge in [0.05, 0.1) is 78.1 Å². The minimum absolute atomic E-state index is 0.386. The van der Waals surface area contributed by atoms with Crippen molar-refractivity contribution in [2.24, 2.45) is 0 Å². The van der Waals surface area contributed by atoms with E-state index in [-0.39, 0.29) is 6.10 Å². The fourth-order valence-corrected chi connectivity index (χ4v) is 8.56. The molecular weight excluding hydrogens is 865 g/mol. The van der Waals surface area contributed by atoms with E-state index in [0.717, 1.165) is 90.8 Å². The minimum Gasteiger partial charge on any atom is -0.491 e. The first-order valence-electron chi connectivity index (χ1n) is 21.8. The smallest absolute Gasteiger partial charge is 0.119 e. The van der Waals surface area contributed by atoms with Gasteiger partial charge in [-0.15, -0.1) is 0 Å². The van der Waals surface area contributed by atoms with Crippen LogP contribution >= 0.6 is 23.5 Å². The van der Waals surface area contributed by atoms with Crippen molar-refractivity contribution in [3.63, 3.8) is 0 Å². The van der Waals surface area contributed by atoms with Crippen LogP contribution in [0.15, 0.2) is 170 Å². The Bertz CT molecular complexity index is 2370. The zero-order valence-corrected chi connectivity index (χ0v) is 38.0. The maximum atomic E-state index is 10.4. The molecule has 0 aliphatic carbocycles. The molecule has 0 atom stereocenters. The second kappa shape index (κ2) is 24.7. The molecule has 0 aliphatic heterocycles. The number of benzene rings is 2. The van der Waals surface area contributed by atoms with Gasteiger partial charge in [-0.1, -0.05) is 48.5 Å². The molecule has 334 valence electrons. The van der Waals surface area contributed by atoms with Crippen LogP contribution in [0.1, 0.15) is 0 Å². The van der Waals surface area contributed by atoms with Crippen LogP contribution in [0, 0.1) is 0 Å². The largest absolute Gasteiger partial charge is 0.491 e. The standard InChI is InChI=1S/C53H50N6O5S2/c60-43(37-65-31-29-61-25-27-63-44-17-13-39(14-18-44)41-33-50(46-9-1-5-21-54-46)58-51(34-41)47-10-2-6-22-55-47)38-66-32-30-62-26-28-64-45-19-15-40(16-20-45)42-35-52(48-11-3-7-23-56-48)59-53(36-42)49-12-4-8-24-57-49/h1-24,33-36,43,60H,25-32,37-38H2. The maximum Gasteiger partial charge on any atom is 0.119 e. The van der Waals surface area contributed by atoms with Crippen molar-refractivity contribution in [1.82, 2.24) is 29.9 Å². The summed E-state index contributed by atoms with van der Waals surface area (Å²) >= 11 is 3.38. The van der Waals surface area contributed by atoms with E-state index in [1.165, 1.54) is 0 Å². The van der Waals surface area contributed by atoms with E-state index >= 15 is 0 Å². The van der Waals surface area contributed by atoms with Gasteiger partial charge in [-0.05, 0) is 119 Å². The van der Waals surface area contributed by atoms with E-state index in [2.05, 4.69) is 44.2 Å². The summed E-state index contributed by atoms with van der Waals surface area (Å²) in [6.45, 7) is 3.06. The molecule has 0 amide bonds. The van der Waals surface area contributed by atoms with Gasteiger partial charge in [0.25, 0.3) is 0 Å². The molecule has 6 heterocycles. The third-order valence-corrected chi connectivity index (χ3v) is 12.2. The fourth-order valence-electron chi connectivity index (χ4n) is 6.83. The van der Waals surface area contributed by atoms with Gasteiger partial charge in [-0.3, -0.25) is 19.9 Å². The Kier molecular flexibility index (Phi) is 17.2. The lowest BCUT2D eigenvalue weighted by Crippen LogP contribution is -2.16. The van der Waals surface area contributed by atoms with Gasteiger partial charge in [0.2, 0.25) is 0 Å². The lowest BCUT2D eigenvalue weighted by Gasteiger charge is -2.12. The summed E-state index contributed by atoms with van der Waals surface area (Å²) in [5.41, 5.74) is 10.5. The molecule has 11 nitrogen and oxygen atoms in total. The second-order valence-electron chi connectivity index (χ2n) is 14.9. The van der Waals surface area contributed by atoms with Crippen LogP contribution in [0.25, 0.3) is 67.8 Å². The first kappa shape index (κ1) is 46.1. The van der Waals surface area contributed by atoms with E-state index in [1.807, 2.05) is 121 Å². The number of thioether (sulfide) groups is 2. The molecule has 0 radical (unpaired) electrons. The highest BCUT2D eigenvalue weighted by atomic mass is 32.2. The third-order valence-electron chi connectivity index (χ3n) is 10.1. The van der Waals surface area contributed by atoms with Crippen LogP contribution in [0.5, 0.6) is 11.5 Å². The Morgan fingerprint density at radius 2 is 0.727 bits per heavy atom. The summed E-state index contributed by atoms with van der Waals surface area (Å²) in [6, 6.07) is 47.5. The first-order chi connectivity index (χ1) is 32.6. The lowest BCUT2D eigenvalue weighted by atomic mass is 10.0. The third kappa shape index (κ3) is 13.8. The van der Waals surface area contributed by atoms with Gasteiger partial charge < -0.3 is 24.1 Å². The Morgan fingerprint density at radius 3 is 1.05 bits per heavy atom. The number of rotatable bonds is 24. The Hall–Kier alpha value is -6.48. The molecule has 0 saturated carbocycles. The van der Waals surface area contributed by atoms with E-state index in [9.17, 15) is 5.11 Å². The van der Waals surface area contributed by atoms with Gasteiger partial charge in [0.1, 0.15) is 24.7 Å². The Balaban J connectivity index is 0.665. The number of pyridine rings is 6. The summed E-state index contributed by atoms with van der Waals surface area (Å²) in [5.74, 6) is 4.48. The molecule has 0 saturated heterocycles. The number of hydrogen-bond acceptors (Lipinski definition) is 13. The second-order valence-corrected chi connectivity index (χ2v) is 17.2. The number of aliphatic hydroxyl groups is 1. The highest BCUT2D eigenvalue weighted by molar-refractivity contribution is 8.00. The zero-order chi connectivity index (χ0) is 45.0. The van der Waals surface area contributed by atoms with E-state index < -0.39 is 0 Å². The minimum atomic E-state index is -0.386. The molecule has 8 aromatic rings. The Labute approximate surface area is 394 Å². The normalized spacial score (nSPS) is 11.2. The molecule has 66 heavy (non-hydrogen) atoms. The summed E-state index contributed by atoms with van der Waals surface area (Å²) in [5, 5.41) is 10.4. The monoisotopic (exact) mass is 914 g/mol. The van der Waals surface area contributed by atoms with E-state index in [4.69, 9.17) is 28.9 Å². The number of nitrogens with zero attached hydrogens (tertiary/aromatic N) is 6. The predicted molar refractivity (Wildman–Crippen MR) is 266 cm³/mol. The lowest BCUT2D eigenvalue weighted by molar-refractivity contribution is 0.112. The molecule has 13 heteroatoms. The van der Waals surface area contributed by atoms with Crippen molar-refractivity contribution < 1.29 is 24.1 Å². The first-order valence-corrected chi connectivity index (χ1v) is 24.1. The van der Waals surface area contributed by atoms with Gasteiger partial charge in [-0.2, -0.15) is 23.5 Å². The van der Waals surface area contributed by atoms with Crippen molar-refractivity contribution in [3.05, 3.63) is 170 Å². The molecule has 0 bridgehead atoms. The van der Waals surface area contributed by atoms with Crippen LogP contribution in [-0.2, 0) is 9.47 Å². The van der Waals surface area contributed by atoms with Crippen molar-refractivity contribution in [3.8, 4) is 79.3 Å². The van der Waals surface area contributed by atoms with Crippen LogP contribution in [0.3, 0.4) is 0 Å². The molecule has 8 rings (SSSR count). The number of aromatic nitrogens is 6. The average Bonchev–Trinajstić information content (AvgIpc) is 3.39. The predicted octanol–water partition coefficient (Wildman–Crippen LogP) is 10.4. The van der Waals surface area contributed by atoms with E-state index in [1.54, 1.807) is 48.3 Å². The van der Waals surface area contributed by atoms with Crippen molar-refractivity contribution in [1.29, 1.82) is 0 Å². The van der Waals surface area contributed by atoms with Crippen LogP contribution in [0.2, 0.25) is 0 Å². The number of ether oxygens (including phenoxy) is 4. The highest BCUT2D eigenvalue weighted by Gasteiger charge is 2.13. The van der Waals surface area contributed by atoms with Crippen molar-refractivity contribution in [2.45, 2.75) is 6.10 Å². The van der Waals surface area contributed by atoms with Crippen LogP contribution < -0.4 is 9.47 Å². The highest BCUT2D eigenvalue weighted by Crippen LogP contribution is 2.32. The summed E-state index contributed by atoms with van der Waals surface area (Å²) in [4.78, 5) is 27.8. The molecule has 0 fully saturated rings. The zero-order valence-electron chi connectivity index (χ0n) is 36.4. The van der Waals surface area contributed by atoms with Crippen molar-refractivity contribution in [2.75, 3.05) is 62.7 Å². The van der Waals surface area contributed by atoms with Gasteiger partial charge in [0, 0.05) is 47.8 Å². The molecule has 0 spiro atoms. The van der Waals surface area contributed by atoms with Gasteiger partial charge >= 0.3 is 0 Å². The summed E-state index contributed by atoms with van der Waals surface area (Å²) < 4.78 is 23.5. The van der Waals surface area contributed by atoms with Crippen molar-refractivity contribution >= 4 is 23.5 Å². The molecule has 2 aromatic carbocycles. The average molecular weight is 915 g/mol. The Morgan fingerprint density at radius 1 is 0.379 bits per heavy atom. The van der Waals surface area contributed by atoms with Crippen LogP contribution in [0.4, 0.5) is 0 Å². The van der Waals surface area contributed by atoms with E-state index in [0.29, 0.717) is 51.1 Å². The quantitative estimate of drug-likeness (QED) is 0.0577. The molecule has 0 unspecified atom stereocenters. The molecule has 1 N–H and O–H groups in total. The SMILES string of the molecule is OC(CSCCOCCOc1ccc(-c2cc(-c3ccccn3)nc(-c3ccccn3)c2)cc1)CSCCOCCOc1ccc(-c2cc(-c3ccccn3)nc(-c3ccccn3)c2)cc1. The van der Waals surface area contributed by atoms with Gasteiger partial charge in [0.15, 0.2) is 0 Å².